The van der Waals surface area contributed by atoms with Gasteiger partial charge in [-0.3, -0.25) is 14.6 Å². The molecule has 0 saturated heterocycles. The highest BCUT2D eigenvalue weighted by Crippen LogP contribution is 2.23. The van der Waals surface area contributed by atoms with Crippen molar-refractivity contribution in [2.45, 2.75) is 12.5 Å². The summed E-state index contributed by atoms with van der Waals surface area (Å²) in [7, 11) is 0. The van der Waals surface area contributed by atoms with Crippen molar-refractivity contribution in [1.29, 1.82) is 0 Å². The van der Waals surface area contributed by atoms with Crippen LogP contribution in [0, 0.1) is 0 Å². The van der Waals surface area contributed by atoms with E-state index in [9.17, 15) is 9.59 Å². The van der Waals surface area contributed by atoms with Crippen molar-refractivity contribution in [3.8, 4) is 11.4 Å². The summed E-state index contributed by atoms with van der Waals surface area (Å²) in [5, 5.41) is 7.81. The van der Waals surface area contributed by atoms with Crippen LogP contribution in [0.5, 0.6) is 0 Å². The number of furan rings is 1. The van der Waals surface area contributed by atoms with Gasteiger partial charge in [-0.25, -0.2) is 4.98 Å². The Bertz CT molecular complexity index is 1110. The van der Waals surface area contributed by atoms with Crippen LogP contribution in [0.2, 0.25) is 0 Å². The van der Waals surface area contributed by atoms with Gasteiger partial charge < -0.3 is 15.1 Å². The molecule has 0 spiro atoms. The van der Waals surface area contributed by atoms with Gasteiger partial charge in [0, 0.05) is 18.0 Å². The number of thiazole rings is 1. The number of hydrogen-bond donors (Lipinski definition) is 2. The van der Waals surface area contributed by atoms with Crippen LogP contribution in [0.3, 0.4) is 0 Å². The van der Waals surface area contributed by atoms with Crippen LogP contribution in [0.15, 0.2) is 82.9 Å². The minimum Gasteiger partial charge on any atom is -0.459 e. The zero-order valence-electron chi connectivity index (χ0n) is 15.8. The Morgan fingerprint density at radius 1 is 1.00 bits per heavy atom. The van der Waals surface area contributed by atoms with Crippen LogP contribution >= 0.6 is 11.3 Å². The first kappa shape index (κ1) is 19.5. The number of anilines is 1. The van der Waals surface area contributed by atoms with Crippen LogP contribution in [0.25, 0.3) is 11.4 Å². The lowest BCUT2D eigenvalue weighted by molar-refractivity contribution is -0.118. The molecule has 1 atom stereocenters. The van der Waals surface area contributed by atoms with E-state index < -0.39 is 11.9 Å². The molecule has 0 saturated carbocycles. The van der Waals surface area contributed by atoms with Crippen molar-refractivity contribution in [1.82, 2.24) is 15.3 Å². The van der Waals surface area contributed by atoms with Crippen molar-refractivity contribution >= 4 is 28.3 Å². The average Bonchev–Trinajstić information content (AvgIpc) is 3.47. The molecule has 150 valence electrons. The number of rotatable bonds is 7. The second-order valence-electron chi connectivity index (χ2n) is 6.44. The quantitative estimate of drug-likeness (QED) is 0.476. The Balaban J connectivity index is 1.50. The van der Waals surface area contributed by atoms with Crippen molar-refractivity contribution in [3.63, 3.8) is 0 Å². The van der Waals surface area contributed by atoms with E-state index in [0.717, 1.165) is 11.3 Å². The third-order valence-corrected chi connectivity index (χ3v) is 5.07. The lowest BCUT2D eigenvalue weighted by atomic mass is 10.1. The van der Waals surface area contributed by atoms with E-state index in [-0.39, 0.29) is 11.7 Å². The molecule has 4 aromatic rings. The number of carbonyl (C=O) groups is 2. The summed E-state index contributed by atoms with van der Waals surface area (Å²) in [5.74, 6) is -0.669. The molecule has 8 heteroatoms. The Hall–Kier alpha value is -3.78. The van der Waals surface area contributed by atoms with Crippen LogP contribution < -0.4 is 10.6 Å². The zero-order valence-corrected chi connectivity index (χ0v) is 16.6. The maximum absolute atomic E-state index is 13.0. The standard InChI is InChI=1S/C22H18N4O3S/c27-20(26-22-25-18(14-30-22)16-9-4-5-11-23-16)17(13-15-7-2-1-3-8-15)24-21(28)19-10-6-12-29-19/h1-12,14,17H,13H2,(H,24,28)(H,25,26,27). The Kier molecular flexibility index (Phi) is 5.95. The average molecular weight is 418 g/mol. The number of pyridine rings is 1. The maximum atomic E-state index is 13.0. The molecule has 0 aliphatic carbocycles. The summed E-state index contributed by atoms with van der Waals surface area (Å²) in [4.78, 5) is 34.1. The molecule has 0 bridgehead atoms. The molecule has 7 nitrogen and oxygen atoms in total. The molecule has 0 radical (unpaired) electrons. The molecular formula is C22H18N4O3S. The molecule has 0 fully saturated rings. The van der Waals surface area contributed by atoms with E-state index in [1.54, 1.807) is 18.3 Å². The Labute approximate surface area is 176 Å². The Morgan fingerprint density at radius 3 is 2.57 bits per heavy atom. The highest BCUT2D eigenvalue weighted by Gasteiger charge is 2.24. The summed E-state index contributed by atoms with van der Waals surface area (Å²) >= 11 is 1.30. The molecule has 4 rings (SSSR count). The van der Waals surface area contributed by atoms with Crippen molar-refractivity contribution in [3.05, 3.63) is 89.8 Å². The van der Waals surface area contributed by atoms with E-state index in [1.165, 1.54) is 17.6 Å². The SMILES string of the molecule is O=C(NC(Cc1ccccc1)C(=O)Nc1nc(-c2ccccn2)cs1)c1ccco1. The van der Waals surface area contributed by atoms with Gasteiger partial charge in [0.1, 0.15) is 11.7 Å². The first-order valence-corrected chi connectivity index (χ1v) is 10.1. The lowest BCUT2D eigenvalue weighted by Gasteiger charge is -2.17. The van der Waals surface area contributed by atoms with Gasteiger partial charge in [0.15, 0.2) is 10.9 Å². The highest BCUT2D eigenvalue weighted by atomic mass is 32.1. The molecule has 30 heavy (non-hydrogen) atoms. The Morgan fingerprint density at radius 2 is 1.83 bits per heavy atom. The highest BCUT2D eigenvalue weighted by molar-refractivity contribution is 7.14. The molecule has 2 amide bonds. The fourth-order valence-electron chi connectivity index (χ4n) is 2.85. The van der Waals surface area contributed by atoms with E-state index in [4.69, 9.17) is 4.42 Å². The van der Waals surface area contributed by atoms with Gasteiger partial charge in [0.25, 0.3) is 5.91 Å². The van der Waals surface area contributed by atoms with Crippen molar-refractivity contribution in [2.24, 2.45) is 0 Å². The normalized spacial score (nSPS) is 11.6. The number of amides is 2. The van der Waals surface area contributed by atoms with Crippen LogP contribution in [-0.2, 0) is 11.2 Å². The number of benzene rings is 1. The summed E-state index contributed by atoms with van der Waals surface area (Å²) in [6.45, 7) is 0. The molecule has 0 aliphatic heterocycles. The van der Waals surface area contributed by atoms with E-state index in [2.05, 4.69) is 20.6 Å². The first-order valence-electron chi connectivity index (χ1n) is 9.25. The van der Waals surface area contributed by atoms with Gasteiger partial charge >= 0.3 is 0 Å². The minimum atomic E-state index is -0.799. The van der Waals surface area contributed by atoms with Gasteiger partial charge in [0.05, 0.1) is 12.0 Å². The fourth-order valence-corrected chi connectivity index (χ4v) is 3.56. The van der Waals surface area contributed by atoms with Gasteiger partial charge in [-0.1, -0.05) is 36.4 Å². The zero-order chi connectivity index (χ0) is 20.8. The molecular weight excluding hydrogens is 400 g/mol. The van der Waals surface area contributed by atoms with E-state index in [0.29, 0.717) is 17.2 Å². The topological polar surface area (TPSA) is 97.1 Å². The monoisotopic (exact) mass is 418 g/mol. The number of aromatic nitrogens is 2. The van der Waals surface area contributed by atoms with Gasteiger partial charge in [-0.2, -0.15) is 0 Å². The van der Waals surface area contributed by atoms with Gasteiger partial charge in [0.2, 0.25) is 5.91 Å². The van der Waals surface area contributed by atoms with Crippen LogP contribution in [-0.4, -0.2) is 27.8 Å². The fraction of sp³-hybridized carbons (Fsp3) is 0.0909. The molecule has 2 N–H and O–H groups in total. The van der Waals surface area contributed by atoms with E-state index in [1.807, 2.05) is 53.9 Å². The largest absolute Gasteiger partial charge is 0.459 e. The number of hydrogen-bond acceptors (Lipinski definition) is 6. The molecule has 0 aliphatic rings. The molecule has 3 heterocycles. The predicted molar refractivity (Wildman–Crippen MR) is 114 cm³/mol. The third-order valence-electron chi connectivity index (χ3n) is 4.31. The maximum Gasteiger partial charge on any atom is 0.287 e. The second-order valence-corrected chi connectivity index (χ2v) is 7.29. The molecule has 1 unspecified atom stereocenters. The van der Waals surface area contributed by atoms with Gasteiger partial charge in [-0.15, -0.1) is 11.3 Å². The first-order chi connectivity index (χ1) is 14.7. The van der Waals surface area contributed by atoms with Crippen molar-refractivity contribution in [2.75, 3.05) is 5.32 Å². The molecule has 1 aromatic carbocycles. The third kappa shape index (κ3) is 4.79. The summed E-state index contributed by atoms with van der Waals surface area (Å²) in [6.07, 6.45) is 3.43. The second kappa shape index (κ2) is 9.15. The number of carbonyl (C=O) groups excluding carboxylic acids is 2. The minimum absolute atomic E-state index is 0.146. The smallest absolute Gasteiger partial charge is 0.287 e. The van der Waals surface area contributed by atoms with E-state index >= 15 is 0 Å². The summed E-state index contributed by atoms with van der Waals surface area (Å²) < 4.78 is 5.14. The molecule has 3 aromatic heterocycles. The predicted octanol–water partition coefficient (Wildman–Crippen LogP) is 3.78. The van der Waals surface area contributed by atoms with Crippen molar-refractivity contribution < 1.29 is 14.0 Å². The van der Waals surface area contributed by atoms with Crippen LogP contribution in [0.1, 0.15) is 16.1 Å². The lowest BCUT2D eigenvalue weighted by Crippen LogP contribution is -2.45. The number of nitrogens with one attached hydrogen (secondary N) is 2. The summed E-state index contributed by atoms with van der Waals surface area (Å²) in [5.41, 5.74) is 2.32. The number of nitrogens with zero attached hydrogens (tertiary/aromatic N) is 2. The van der Waals surface area contributed by atoms with Crippen LogP contribution in [0.4, 0.5) is 5.13 Å². The van der Waals surface area contributed by atoms with Gasteiger partial charge in [-0.05, 0) is 29.8 Å². The summed E-state index contributed by atoms with van der Waals surface area (Å²) in [6, 6.07) is 17.4.